The minimum absolute atomic E-state index is 0.00583. The van der Waals surface area contributed by atoms with Crippen LogP contribution >= 0.6 is 0 Å². The van der Waals surface area contributed by atoms with Crippen molar-refractivity contribution in [1.82, 2.24) is 15.6 Å². The van der Waals surface area contributed by atoms with Gasteiger partial charge in [-0.3, -0.25) is 14.6 Å². The molecule has 166 valence electrons. The lowest BCUT2D eigenvalue weighted by Crippen LogP contribution is -2.38. The standard InChI is InChI=1S/C25H39N3O2/c1-17(2)22-11-20(12-23(29)27-15-19-8-7-9-26-14-19)18(3)10-21(22)16-28-24(30)13-25(4,5)6/h7-10,14,17,20-22H,11-13,15-16H2,1-6H3,(H,27,29)(H,28,30). The third-order valence-corrected chi connectivity index (χ3v) is 5.95. The molecule has 5 nitrogen and oxygen atoms in total. The smallest absolute Gasteiger partial charge is 0.220 e. The van der Waals surface area contributed by atoms with Crippen LogP contribution in [0.1, 0.15) is 66.4 Å². The number of carbonyl (C=O) groups is 2. The second kappa shape index (κ2) is 10.7. The fraction of sp³-hybridized carbons (Fsp3) is 0.640. The third-order valence-electron chi connectivity index (χ3n) is 5.95. The van der Waals surface area contributed by atoms with Gasteiger partial charge in [-0.2, -0.15) is 0 Å². The zero-order valence-corrected chi connectivity index (χ0v) is 19.5. The maximum atomic E-state index is 12.5. The summed E-state index contributed by atoms with van der Waals surface area (Å²) in [6.45, 7) is 14.0. The number of hydrogen-bond donors (Lipinski definition) is 2. The van der Waals surface area contributed by atoms with E-state index in [2.05, 4.69) is 63.2 Å². The molecule has 2 rings (SSSR count). The second-order valence-corrected chi connectivity index (χ2v) is 10.3. The van der Waals surface area contributed by atoms with E-state index in [0.29, 0.717) is 43.7 Å². The molecule has 0 saturated carbocycles. The quantitative estimate of drug-likeness (QED) is 0.617. The highest BCUT2D eigenvalue weighted by atomic mass is 16.2. The molecule has 1 aromatic heterocycles. The number of pyridine rings is 1. The number of amides is 2. The summed E-state index contributed by atoms with van der Waals surface area (Å²) in [4.78, 5) is 28.9. The van der Waals surface area contributed by atoms with Gasteiger partial charge in [0.2, 0.25) is 11.8 Å². The van der Waals surface area contributed by atoms with Crippen LogP contribution in [-0.2, 0) is 16.1 Å². The molecule has 2 amide bonds. The summed E-state index contributed by atoms with van der Waals surface area (Å²) < 4.78 is 0. The van der Waals surface area contributed by atoms with E-state index in [1.54, 1.807) is 12.4 Å². The predicted octanol–water partition coefficient (Wildman–Crippen LogP) is 4.49. The maximum Gasteiger partial charge on any atom is 0.220 e. The topological polar surface area (TPSA) is 71.1 Å². The van der Waals surface area contributed by atoms with Crippen LogP contribution in [0.25, 0.3) is 0 Å². The van der Waals surface area contributed by atoms with Crippen LogP contribution in [0.2, 0.25) is 0 Å². The summed E-state index contributed by atoms with van der Waals surface area (Å²) in [7, 11) is 0. The number of allylic oxidation sites excluding steroid dienone is 1. The van der Waals surface area contributed by atoms with Gasteiger partial charge in [0.15, 0.2) is 0 Å². The number of rotatable bonds is 8. The number of carbonyl (C=O) groups excluding carboxylic acids is 2. The van der Waals surface area contributed by atoms with Crippen molar-refractivity contribution in [2.75, 3.05) is 6.54 Å². The van der Waals surface area contributed by atoms with E-state index in [1.807, 2.05) is 12.1 Å². The van der Waals surface area contributed by atoms with Gasteiger partial charge in [0, 0.05) is 38.3 Å². The molecule has 1 heterocycles. The highest BCUT2D eigenvalue weighted by Gasteiger charge is 2.32. The molecule has 0 radical (unpaired) electrons. The van der Waals surface area contributed by atoms with E-state index >= 15 is 0 Å². The summed E-state index contributed by atoms with van der Waals surface area (Å²) in [5.41, 5.74) is 2.26. The van der Waals surface area contributed by atoms with E-state index in [4.69, 9.17) is 0 Å². The van der Waals surface area contributed by atoms with Crippen molar-refractivity contribution < 1.29 is 9.59 Å². The Bertz CT molecular complexity index is 735. The Hall–Kier alpha value is -2.17. The van der Waals surface area contributed by atoms with Crippen molar-refractivity contribution in [2.24, 2.45) is 29.1 Å². The van der Waals surface area contributed by atoms with Gasteiger partial charge in [-0.25, -0.2) is 0 Å². The first kappa shape index (κ1) is 24.1. The summed E-state index contributed by atoms with van der Waals surface area (Å²) in [5, 5.41) is 6.16. The molecule has 1 aliphatic carbocycles. The average molecular weight is 414 g/mol. The first-order valence-corrected chi connectivity index (χ1v) is 11.2. The summed E-state index contributed by atoms with van der Waals surface area (Å²) in [6.07, 6.45) is 7.84. The summed E-state index contributed by atoms with van der Waals surface area (Å²) in [5.74, 6) is 1.74. The van der Waals surface area contributed by atoms with Gasteiger partial charge >= 0.3 is 0 Å². The zero-order chi connectivity index (χ0) is 22.3. The molecular formula is C25H39N3O2. The molecular weight excluding hydrogens is 374 g/mol. The summed E-state index contributed by atoms with van der Waals surface area (Å²) >= 11 is 0. The summed E-state index contributed by atoms with van der Waals surface area (Å²) in [6, 6.07) is 3.84. The van der Waals surface area contributed by atoms with Gasteiger partial charge in [0.05, 0.1) is 0 Å². The van der Waals surface area contributed by atoms with Crippen molar-refractivity contribution in [1.29, 1.82) is 0 Å². The molecule has 0 aromatic carbocycles. The lowest BCUT2D eigenvalue weighted by atomic mass is 9.69. The van der Waals surface area contributed by atoms with E-state index in [-0.39, 0.29) is 23.1 Å². The molecule has 0 aliphatic heterocycles. The molecule has 30 heavy (non-hydrogen) atoms. The lowest BCUT2D eigenvalue weighted by Gasteiger charge is -2.37. The van der Waals surface area contributed by atoms with Gasteiger partial charge < -0.3 is 10.6 Å². The van der Waals surface area contributed by atoms with Crippen molar-refractivity contribution in [3.05, 3.63) is 41.7 Å². The molecule has 1 aromatic rings. The van der Waals surface area contributed by atoms with E-state index in [1.165, 1.54) is 5.57 Å². The van der Waals surface area contributed by atoms with Crippen LogP contribution in [0.5, 0.6) is 0 Å². The highest BCUT2D eigenvalue weighted by molar-refractivity contribution is 5.77. The Morgan fingerprint density at radius 1 is 1.20 bits per heavy atom. The van der Waals surface area contributed by atoms with Gasteiger partial charge in [0.1, 0.15) is 0 Å². The molecule has 3 unspecified atom stereocenters. The highest BCUT2D eigenvalue weighted by Crippen LogP contribution is 2.38. The lowest BCUT2D eigenvalue weighted by molar-refractivity contribution is -0.123. The van der Waals surface area contributed by atoms with Crippen LogP contribution in [0, 0.1) is 29.1 Å². The Morgan fingerprint density at radius 3 is 2.53 bits per heavy atom. The molecule has 0 fully saturated rings. The Morgan fingerprint density at radius 2 is 1.93 bits per heavy atom. The van der Waals surface area contributed by atoms with Gasteiger partial charge in [-0.15, -0.1) is 0 Å². The van der Waals surface area contributed by atoms with E-state index in [0.717, 1.165) is 12.0 Å². The monoisotopic (exact) mass is 413 g/mol. The molecule has 5 heteroatoms. The molecule has 1 aliphatic rings. The van der Waals surface area contributed by atoms with Crippen molar-refractivity contribution in [3.8, 4) is 0 Å². The van der Waals surface area contributed by atoms with Gasteiger partial charge in [-0.05, 0) is 54.1 Å². The number of nitrogens with one attached hydrogen (secondary N) is 2. The zero-order valence-electron chi connectivity index (χ0n) is 19.5. The molecule has 0 bridgehead atoms. The van der Waals surface area contributed by atoms with Crippen LogP contribution in [0.4, 0.5) is 0 Å². The largest absolute Gasteiger partial charge is 0.355 e. The third kappa shape index (κ3) is 7.92. The van der Waals surface area contributed by atoms with Gasteiger partial charge in [0.25, 0.3) is 0 Å². The number of nitrogens with zero attached hydrogens (tertiary/aromatic N) is 1. The normalized spacial score (nSPS) is 21.8. The first-order valence-electron chi connectivity index (χ1n) is 11.2. The van der Waals surface area contributed by atoms with Crippen molar-refractivity contribution in [3.63, 3.8) is 0 Å². The predicted molar refractivity (Wildman–Crippen MR) is 121 cm³/mol. The molecule has 2 N–H and O–H groups in total. The van der Waals surface area contributed by atoms with Crippen molar-refractivity contribution >= 4 is 11.8 Å². The minimum Gasteiger partial charge on any atom is -0.355 e. The SMILES string of the molecule is CC1=CC(CNC(=O)CC(C)(C)C)C(C(C)C)CC1CC(=O)NCc1cccnc1. The van der Waals surface area contributed by atoms with Crippen LogP contribution in [-0.4, -0.2) is 23.3 Å². The number of hydrogen-bond acceptors (Lipinski definition) is 3. The van der Waals surface area contributed by atoms with Crippen LogP contribution < -0.4 is 10.6 Å². The first-order chi connectivity index (χ1) is 14.0. The van der Waals surface area contributed by atoms with Gasteiger partial charge in [-0.1, -0.05) is 52.3 Å². The Labute approximate surface area is 182 Å². The number of aromatic nitrogens is 1. The fourth-order valence-electron chi connectivity index (χ4n) is 4.28. The van der Waals surface area contributed by atoms with E-state index < -0.39 is 0 Å². The van der Waals surface area contributed by atoms with Crippen molar-refractivity contribution in [2.45, 2.75) is 67.3 Å². The second-order valence-electron chi connectivity index (χ2n) is 10.3. The molecule has 0 spiro atoms. The average Bonchev–Trinajstić information content (AvgIpc) is 2.65. The molecule has 0 saturated heterocycles. The molecule has 3 atom stereocenters. The fourth-order valence-corrected chi connectivity index (χ4v) is 4.28. The minimum atomic E-state index is -0.00583. The Kier molecular flexibility index (Phi) is 8.63. The maximum absolute atomic E-state index is 12.5. The van der Waals surface area contributed by atoms with Crippen LogP contribution in [0.15, 0.2) is 36.2 Å². The van der Waals surface area contributed by atoms with E-state index in [9.17, 15) is 9.59 Å². The van der Waals surface area contributed by atoms with Crippen LogP contribution in [0.3, 0.4) is 0 Å². The Balaban J connectivity index is 1.93.